The van der Waals surface area contributed by atoms with Gasteiger partial charge >= 0.3 is 0 Å². The Kier molecular flexibility index (Phi) is 4.44. The fourth-order valence-electron chi connectivity index (χ4n) is 1.40. The van der Waals surface area contributed by atoms with Gasteiger partial charge in [0.25, 0.3) is 0 Å². The molecule has 0 aromatic carbocycles. The maximum atomic E-state index is 4.45. The summed E-state index contributed by atoms with van der Waals surface area (Å²) in [6.45, 7) is 2.87. The zero-order chi connectivity index (χ0) is 12.1. The number of thiazole rings is 1. The number of rotatable bonds is 5. The molecule has 0 atom stereocenters. The molecule has 0 aliphatic heterocycles. The van der Waals surface area contributed by atoms with Gasteiger partial charge in [-0.15, -0.1) is 11.3 Å². The summed E-state index contributed by atoms with van der Waals surface area (Å²) < 4.78 is 0.822. The predicted octanol–water partition coefficient (Wildman–Crippen LogP) is 3.26. The average molecular weight is 313 g/mol. The van der Waals surface area contributed by atoms with Crippen LogP contribution >= 0.6 is 27.3 Å². The second kappa shape index (κ2) is 6.07. The first-order valence-electron chi connectivity index (χ1n) is 5.42. The highest BCUT2D eigenvalue weighted by atomic mass is 79.9. The van der Waals surface area contributed by atoms with E-state index >= 15 is 0 Å². The molecule has 0 aliphatic rings. The molecule has 17 heavy (non-hydrogen) atoms. The van der Waals surface area contributed by atoms with Gasteiger partial charge < -0.3 is 5.32 Å². The SMILES string of the molecule is CCCc1nc(Br)cc(NCc2cncs2)n1. The van der Waals surface area contributed by atoms with Crippen LogP contribution in [0.3, 0.4) is 0 Å². The van der Waals surface area contributed by atoms with Crippen molar-refractivity contribution in [2.24, 2.45) is 0 Å². The van der Waals surface area contributed by atoms with Gasteiger partial charge in [0.2, 0.25) is 0 Å². The quantitative estimate of drug-likeness (QED) is 0.861. The van der Waals surface area contributed by atoms with Gasteiger partial charge in [-0.3, -0.25) is 4.98 Å². The molecule has 0 bridgehead atoms. The molecule has 2 rings (SSSR count). The van der Waals surface area contributed by atoms with Crippen molar-refractivity contribution >= 4 is 33.1 Å². The molecular weight excluding hydrogens is 300 g/mol. The molecule has 0 amide bonds. The molecule has 0 saturated heterocycles. The molecule has 90 valence electrons. The van der Waals surface area contributed by atoms with E-state index < -0.39 is 0 Å². The first-order valence-corrected chi connectivity index (χ1v) is 7.10. The fraction of sp³-hybridized carbons (Fsp3) is 0.364. The van der Waals surface area contributed by atoms with Gasteiger partial charge in [-0.25, -0.2) is 9.97 Å². The Morgan fingerprint density at radius 3 is 3.00 bits per heavy atom. The van der Waals surface area contributed by atoms with Crippen molar-refractivity contribution in [2.75, 3.05) is 5.32 Å². The van der Waals surface area contributed by atoms with E-state index in [0.29, 0.717) is 0 Å². The van der Waals surface area contributed by atoms with Gasteiger partial charge in [-0.2, -0.15) is 0 Å². The molecule has 2 aromatic heterocycles. The van der Waals surface area contributed by atoms with Crippen LogP contribution < -0.4 is 5.32 Å². The summed E-state index contributed by atoms with van der Waals surface area (Å²) in [5.41, 5.74) is 1.83. The van der Waals surface area contributed by atoms with Crippen LogP contribution in [0.5, 0.6) is 0 Å². The van der Waals surface area contributed by atoms with E-state index in [-0.39, 0.29) is 0 Å². The molecule has 0 spiro atoms. The van der Waals surface area contributed by atoms with Crippen molar-refractivity contribution in [1.29, 1.82) is 0 Å². The number of anilines is 1. The third-order valence-electron chi connectivity index (χ3n) is 2.14. The lowest BCUT2D eigenvalue weighted by Gasteiger charge is -2.06. The van der Waals surface area contributed by atoms with Crippen LogP contribution in [0.4, 0.5) is 5.82 Å². The van der Waals surface area contributed by atoms with E-state index in [1.54, 1.807) is 11.3 Å². The van der Waals surface area contributed by atoms with Crippen molar-refractivity contribution < 1.29 is 0 Å². The zero-order valence-electron chi connectivity index (χ0n) is 9.48. The summed E-state index contributed by atoms with van der Waals surface area (Å²) in [6.07, 6.45) is 3.81. The first-order chi connectivity index (χ1) is 8.28. The molecule has 0 unspecified atom stereocenters. The second-order valence-electron chi connectivity index (χ2n) is 3.56. The maximum absolute atomic E-state index is 4.45. The van der Waals surface area contributed by atoms with Gasteiger partial charge in [0.05, 0.1) is 12.1 Å². The highest BCUT2D eigenvalue weighted by Gasteiger charge is 2.02. The number of hydrogen-bond donors (Lipinski definition) is 1. The van der Waals surface area contributed by atoms with E-state index in [0.717, 1.165) is 35.6 Å². The Bertz CT molecular complexity index is 472. The number of hydrogen-bond acceptors (Lipinski definition) is 5. The monoisotopic (exact) mass is 312 g/mol. The summed E-state index contributed by atoms with van der Waals surface area (Å²) >= 11 is 5.03. The molecule has 0 saturated carbocycles. The fourth-order valence-corrected chi connectivity index (χ4v) is 2.35. The largest absolute Gasteiger partial charge is 0.365 e. The van der Waals surface area contributed by atoms with E-state index in [9.17, 15) is 0 Å². The van der Waals surface area contributed by atoms with E-state index in [4.69, 9.17) is 0 Å². The predicted molar refractivity (Wildman–Crippen MR) is 73.2 cm³/mol. The molecule has 0 fully saturated rings. The molecular formula is C11H13BrN4S. The van der Waals surface area contributed by atoms with Crippen molar-refractivity contribution in [3.8, 4) is 0 Å². The van der Waals surface area contributed by atoms with Crippen molar-refractivity contribution in [1.82, 2.24) is 15.0 Å². The molecule has 4 nitrogen and oxygen atoms in total. The number of aryl methyl sites for hydroxylation is 1. The van der Waals surface area contributed by atoms with E-state index in [1.165, 1.54) is 4.88 Å². The number of nitrogens with zero attached hydrogens (tertiary/aromatic N) is 3. The molecule has 2 aromatic rings. The Morgan fingerprint density at radius 2 is 2.29 bits per heavy atom. The third-order valence-corrected chi connectivity index (χ3v) is 3.33. The van der Waals surface area contributed by atoms with Gasteiger partial charge in [0.1, 0.15) is 16.2 Å². The highest BCUT2D eigenvalue weighted by Crippen LogP contribution is 2.15. The molecule has 1 N–H and O–H groups in total. The Hall–Kier alpha value is -1.01. The van der Waals surface area contributed by atoms with Crippen LogP contribution in [-0.4, -0.2) is 15.0 Å². The van der Waals surface area contributed by atoms with Crippen molar-refractivity contribution in [3.05, 3.63) is 33.1 Å². The number of halogens is 1. The lowest BCUT2D eigenvalue weighted by Crippen LogP contribution is -2.04. The van der Waals surface area contributed by atoms with Gasteiger partial charge in [-0.05, 0) is 22.4 Å². The lowest BCUT2D eigenvalue weighted by molar-refractivity contribution is 0.828. The third kappa shape index (κ3) is 3.74. The smallest absolute Gasteiger partial charge is 0.132 e. The van der Waals surface area contributed by atoms with Crippen LogP contribution in [0.25, 0.3) is 0 Å². The minimum absolute atomic E-state index is 0.750. The Morgan fingerprint density at radius 1 is 1.41 bits per heavy atom. The molecule has 0 radical (unpaired) electrons. The average Bonchev–Trinajstić information content (AvgIpc) is 2.79. The second-order valence-corrected chi connectivity index (χ2v) is 5.35. The minimum atomic E-state index is 0.750. The first kappa shape index (κ1) is 12.4. The van der Waals surface area contributed by atoms with Crippen molar-refractivity contribution in [3.63, 3.8) is 0 Å². The standard InChI is InChI=1S/C11H13BrN4S/c1-2-3-10-15-9(12)4-11(16-10)14-6-8-5-13-7-17-8/h4-5,7H,2-3,6H2,1H3,(H,14,15,16). The highest BCUT2D eigenvalue weighted by molar-refractivity contribution is 9.10. The molecule has 2 heterocycles. The minimum Gasteiger partial charge on any atom is -0.365 e. The van der Waals surface area contributed by atoms with E-state index in [2.05, 4.69) is 43.1 Å². The van der Waals surface area contributed by atoms with Crippen LogP contribution in [0.2, 0.25) is 0 Å². The molecule has 0 aliphatic carbocycles. The van der Waals surface area contributed by atoms with Crippen molar-refractivity contribution in [2.45, 2.75) is 26.3 Å². The van der Waals surface area contributed by atoms with Gasteiger partial charge in [0, 0.05) is 23.6 Å². The normalized spacial score (nSPS) is 10.5. The summed E-state index contributed by atoms with van der Waals surface area (Å²) in [4.78, 5) is 14.0. The maximum Gasteiger partial charge on any atom is 0.132 e. The zero-order valence-corrected chi connectivity index (χ0v) is 11.9. The van der Waals surface area contributed by atoms with Gasteiger partial charge in [0.15, 0.2) is 0 Å². The topological polar surface area (TPSA) is 50.7 Å². The Balaban J connectivity index is 2.04. The summed E-state index contributed by atoms with van der Waals surface area (Å²) in [6, 6.07) is 1.89. The van der Waals surface area contributed by atoms with Crippen LogP contribution in [0, 0.1) is 0 Å². The molecule has 6 heteroatoms. The van der Waals surface area contributed by atoms with E-state index in [1.807, 2.05) is 17.8 Å². The van der Waals surface area contributed by atoms with Crippen LogP contribution in [0.1, 0.15) is 24.0 Å². The number of aromatic nitrogens is 3. The summed E-state index contributed by atoms with van der Waals surface area (Å²) in [7, 11) is 0. The van der Waals surface area contributed by atoms with Gasteiger partial charge in [-0.1, -0.05) is 6.92 Å². The summed E-state index contributed by atoms with van der Waals surface area (Å²) in [5.74, 6) is 1.72. The van der Waals surface area contributed by atoms with Crippen LogP contribution in [0.15, 0.2) is 22.4 Å². The lowest BCUT2D eigenvalue weighted by atomic mass is 10.3. The van der Waals surface area contributed by atoms with Crippen LogP contribution in [-0.2, 0) is 13.0 Å². The summed E-state index contributed by atoms with van der Waals surface area (Å²) in [5, 5.41) is 3.28. The Labute approximate surface area is 113 Å². The number of nitrogens with one attached hydrogen (secondary N) is 1.